The lowest BCUT2D eigenvalue weighted by Gasteiger charge is -2.11. The molecule has 0 aliphatic rings. The second-order valence-corrected chi connectivity index (χ2v) is 5.41. The summed E-state index contributed by atoms with van der Waals surface area (Å²) in [6.07, 6.45) is -0.161. The van der Waals surface area contributed by atoms with E-state index in [1.54, 1.807) is 18.2 Å². The second-order valence-electron chi connectivity index (χ2n) is 4.97. The molecule has 21 heavy (non-hydrogen) atoms. The molecule has 1 unspecified atom stereocenters. The van der Waals surface area contributed by atoms with Crippen LogP contribution in [0.25, 0.3) is 11.0 Å². The third-order valence-corrected chi connectivity index (χ3v) is 3.66. The van der Waals surface area contributed by atoms with Gasteiger partial charge in [0.2, 0.25) is 0 Å². The number of aromatic nitrogens is 2. The van der Waals surface area contributed by atoms with Crippen LogP contribution in [-0.4, -0.2) is 15.3 Å². The number of hydrogen-bond acceptors (Lipinski definition) is 4. The molecule has 0 saturated heterocycles. The van der Waals surface area contributed by atoms with Crippen molar-refractivity contribution in [1.29, 1.82) is 0 Å². The minimum absolute atomic E-state index is 0.481. The van der Waals surface area contributed by atoms with Crippen LogP contribution in [0.3, 0.4) is 0 Å². The number of halogens is 1. The molecule has 1 N–H and O–H groups in total. The molecule has 0 fully saturated rings. The molecular formula is C16H15ClN2O2. The first-order chi connectivity index (χ1) is 10.1. The van der Waals surface area contributed by atoms with E-state index >= 15 is 0 Å². The fourth-order valence-corrected chi connectivity index (χ4v) is 2.55. The average molecular weight is 303 g/mol. The summed E-state index contributed by atoms with van der Waals surface area (Å²) in [5.41, 5.74) is 2.97. The Bertz CT molecular complexity index is 798. The van der Waals surface area contributed by atoms with Gasteiger partial charge in [-0.1, -0.05) is 18.5 Å². The van der Waals surface area contributed by atoms with Gasteiger partial charge in [-0.05, 0) is 43.7 Å². The van der Waals surface area contributed by atoms with Crippen molar-refractivity contribution in [3.63, 3.8) is 0 Å². The average Bonchev–Trinajstić information content (AvgIpc) is 2.89. The van der Waals surface area contributed by atoms with Crippen molar-refractivity contribution in [2.45, 2.75) is 26.4 Å². The monoisotopic (exact) mass is 302 g/mol. The molecule has 5 heteroatoms. The van der Waals surface area contributed by atoms with Crippen molar-refractivity contribution in [2.75, 3.05) is 0 Å². The van der Waals surface area contributed by atoms with Crippen molar-refractivity contribution < 1.29 is 9.52 Å². The number of rotatable bonds is 3. The van der Waals surface area contributed by atoms with Crippen LogP contribution in [0.2, 0.25) is 5.02 Å². The molecule has 0 amide bonds. The first-order valence-electron chi connectivity index (χ1n) is 6.78. The zero-order valence-corrected chi connectivity index (χ0v) is 12.6. The summed E-state index contributed by atoms with van der Waals surface area (Å²) >= 11 is 5.97. The lowest BCUT2D eigenvalue weighted by atomic mass is 10.0. The molecule has 4 nitrogen and oxygen atoms in total. The molecular weight excluding hydrogens is 288 g/mol. The lowest BCUT2D eigenvalue weighted by Crippen LogP contribution is -2.07. The summed E-state index contributed by atoms with van der Waals surface area (Å²) in [5.74, 6) is 0.481. The number of aliphatic hydroxyl groups excluding tert-OH is 1. The molecule has 0 aliphatic carbocycles. The summed E-state index contributed by atoms with van der Waals surface area (Å²) < 4.78 is 5.72. The van der Waals surface area contributed by atoms with E-state index in [-0.39, 0.29) is 0 Å². The Morgan fingerprint density at radius 1 is 1.24 bits per heavy atom. The predicted octanol–water partition coefficient (Wildman–Crippen LogP) is 3.83. The number of benzene rings is 1. The highest BCUT2D eigenvalue weighted by Crippen LogP contribution is 2.30. The van der Waals surface area contributed by atoms with Crippen molar-refractivity contribution in [1.82, 2.24) is 10.2 Å². The topological polar surface area (TPSA) is 59.2 Å². The van der Waals surface area contributed by atoms with Crippen LogP contribution < -0.4 is 0 Å². The highest BCUT2D eigenvalue weighted by molar-refractivity contribution is 6.31. The molecule has 3 rings (SSSR count). The van der Waals surface area contributed by atoms with Gasteiger partial charge in [0.1, 0.15) is 17.4 Å². The number of aryl methyl sites for hydroxylation is 2. The lowest BCUT2D eigenvalue weighted by molar-refractivity contribution is 0.190. The Labute approximate surface area is 127 Å². The molecule has 1 atom stereocenters. The van der Waals surface area contributed by atoms with Gasteiger partial charge in [-0.15, -0.1) is 0 Å². The van der Waals surface area contributed by atoms with Crippen molar-refractivity contribution >= 4 is 22.6 Å². The molecule has 0 aliphatic heterocycles. The largest absolute Gasteiger partial charge is 0.458 e. The molecule has 0 bridgehead atoms. The zero-order valence-electron chi connectivity index (χ0n) is 11.8. The van der Waals surface area contributed by atoms with Crippen LogP contribution in [0.1, 0.15) is 35.7 Å². The quantitative estimate of drug-likeness (QED) is 0.799. The summed E-state index contributed by atoms with van der Waals surface area (Å²) in [4.78, 5) is 0. The van der Waals surface area contributed by atoms with Crippen LogP contribution in [0.15, 0.2) is 34.7 Å². The summed E-state index contributed by atoms with van der Waals surface area (Å²) in [6.45, 7) is 3.83. The van der Waals surface area contributed by atoms with Gasteiger partial charge in [0.05, 0.1) is 11.4 Å². The Morgan fingerprint density at radius 3 is 2.81 bits per heavy atom. The first kappa shape index (κ1) is 14.0. The van der Waals surface area contributed by atoms with Crippen LogP contribution in [0, 0.1) is 6.92 Å². The van der Waals surface area contributed by atoms with Gasteiger partial charge in [0.15, 0.2) is 0 Å². The summed E-state index contributed by atoms with van der Waals surface area (Å²) in [5, 5.41) is 20.3. The predicted molar refractivity (Wildman–Crippen MR) is 81.4 cm³/mol. The molecule has 0 saturated carbocycles. The number of furan rings is 1. The number of hydrogen-bond donors (Lipinski definition) is 1. The normalized spacial score (nSPS) is 12.8. The van der Waals surface area contributed by atoms with Crippen LogP contribution in [-0.2, 0) is 6.42 Å². The maximum absolute atomic E-state index is 10.6. The van der Waals surface area contributed by atoms with Gasteiger partial charge < -0.3 is 9.52 Å². The van der Waals surface area contributed by atoms with Crippen LogP contribution >= 0.6 is 11.6 Å². The maximum atomic E-state index is 10.6. The highest BCUT2D eigenvalue weighted by atomic mass is 35.5. The van der Waals surface area contributed by atoms with Gasteiger partial charge in [-0.25, -0.2) is 0 Å². The second kappa shape index (κ2) is 5.47. The minimum atomic E-state index is -0.861. The van der Waals surface area contributed by atoms with Gasteiger partial charge in [0.25, 0.3) is 0 Å². The maximum Gasteiger partial charge on any atom is 0.139 e. The first-order valence-corrected chi connectivity index (χ1v) is 7.16. The molecule has 0 spiro atoms. The molecule has 2 heterocycles. The van der Waals surface area contributed by atoms with E-state index in [0.29, 0.717) is 22.8 Å². The van der Waals surface area contributed by atoms with E-state index in [0.717, 1.165) is 22.3 Å². The number of fused-ring (bicyclic) bond motifs is 1. The van der Waals surface area contributed by atoms with Crippen molar-refractivity contribution in [3.8, 4) is 0 Å². The molecule has 1 aromatic carbocycles. The van der Waals surface area contributed by atoms with Crippen molar-refractivity contribution in [3.05, 3.63) is 58.1 Å². The van der Waals surface area contributed by atoms with E-state index in [1.165, 1.54) is 0 Å². The molecule has 108 valence electrons. The molecule has 3 aromatic rings. The van der Waals surface area contributed by atoms with E-state index in [1.807, 2.05) is 26.0 Å². The van der Waals surface area contributed by atoms with E-state index < -0.39 is 6.10 Å². The zero-order chi connectivity index (χ0) is 15.0. The van der Waals surface area contributed by atoms with E-state index in [9.17, 15) is 5.11 Å². The summed E-state index contributed by atoms with van der Waals surface area (Å²) in [7, 11) is 0. The fourth-order valence-electron chi connectivity index (χ4n) is 2.37. The van der Waals surface area contributed by atoms with Crippen LogP contribution in [0.5, 0.6) is 0 Å². The van der Waals surface area contributed by atoms with Gasteiger partial charge in [-0.3, -0.25) is 0 Å². The molecule has 2 aromatic heterocycles. The summed E-state index contributed by atoms with van der Waals surface area (Å²) in [6, 6.07) is 9.02. The minimum Gasteiger partial charge on any atom is -0.458 e. The number of nitrogens with zero attached hydrogens (tertiary/aromatic N) is 2. The Kier molecular flexibility index (Phi) is 3.66. The Hall–Kier alpha value is -1.91. The van der Waals surface area contributed by atoms with Gasteiger partial charge >= 0.3 is 0 Å². The smallest absolute Gasteiger partial charge is 0.139 e. The fraction of sp³-hybridized carbons (Fsp3) is 0.250. The van der Waals surface area contributed by atoms with Crippen LogP contribution in [0.4, 0.5) is 0 Å². The van der Waals surface area contributed by atoms with E-state index in [4.69, 9.17) is 16.0 Å². The third-order valence-electron chi connectivity index (χ3n) is 3.42. The Morgan fingerprint density at radius 2 is 2.05 bits per heavy atom. The van der Waals surface area contributed by atoms with Crippen molar-refractivity contribution in [2.24, 2.45) is 0 Å². The number of aliphatic hydroxyl groups is 1. The Balaban J connectivity index is 2.07. The SMILES string of the molecule is CCc1nnc(C)cc1C(O)c1cc2cc(Cl)ccc2o1. The van der Waals surface area contributed by atoms with Gasteiger partial charge in [-0.2, -0.15) is 10.2 Å². The highest BCUT2D eigenvalue weighted by Gasteiger charge is 2.20. The third kappa shape index (κ3) is 2.64. The van der Waals surface area contributed by atoms with Gasteiger partial charge in [0, 0.05) is 16.0 Å². The standard InChI is InChI=1S/C16H15ClN2O2/c1-3-13-12(6-9(2)18-19-13)16(20)15-8-10-7-11(17)4-5-14(10)21-15/h4-8,16,20H,3H2,1-2H3. The molecule has 0 radical (unpaired) electrons. The van der Waals surface area contributed by atoms with E-state index in [2.05, 4.69) is 10.2 Å².